The van der Waals surface area contributed by atoms with Crippen LogP contribution < -0.4 is 14.8 Å². The first kappa shape index (κ1) is 19.5. The Bertz CT molecular complexity index is 688. The maximum Gasteiger partial charge on any atom is 0.234 e. The molecule has 28 heavy (non-hydrogen) atoms. The summed E-state index contributed by atoms with van der Waals surface area (Å²) in [5.74, 6) is 3.16. The molecule has 0 spiro atoms. The van der Waals surface area contributed by atoms with Crippen molar-refractivity contribution < 1.29 is 14.3 Å². The lowest BCUT2D eigenvalue weighted by Crippen LogP contribution is -2.51. The largest absolute Gasteiger partial charge is 0.454 e. The number of rotatable bonds is 5. The van der Waals surface area contributed by atoms with E-state index < -0.39 is 0 Å². The summed E-state index contributed by atoms with van der Waals surface area (Å²) in [7, 11) is 0. The molecular weight excluding hydrogens is 354 g/mol. The third-order valence-electron chi connectivity index (χ3n) is 6.73. The Morgan fingerprint density at radius 1 is 1.07 bits per heavy atom. The van der Waals surface area contributed by atoms with Gasteiger partial charge in [-0.3, -0.25) is 14.6 Å². The number of nitrogens with zero attached hydrogens (tertiary/aromatic N) is 2. The molecule has 1 saturated carbocycles. The Balaban J connectivity index is 1.20. The van der Waals surface area contributed by atoms with Gasteiger partial charge in [0.15, 0.2) is 11.5 Å². The quantitative estimate of drug-likeness (QED) is 0.841. The summed E-state index contributed by atoms with van der Waals surface area (Å²) < 4.78 is 10.9. The minimum absolute atomic E-state index is 0.190. The molecule has 1 amide bonds. The fraction of sp³-hybridized carbons (Fsp3) is 0.682. The highest BCUT2D eigenvalue weighted by molar-refractivity contribution is 5.78. The summed E-state index contributed by atoms with van der Waals surface area (Å²) in [4.78, 5) is 17.2. The van der Waals surface area contributed by atoms with E-state index in [-0.39, 0.29) is 5.91 Å². The molecule has 2 fully saturated rings. The van der Waals surface area contributed by atoms with Crippen LogP contribution in [0.2, 0.25) is 0 Å². The van der Waals surface area contributed by atoms with E-state index in [0.29, 0.717) is 31.2 Å². The van der Waals surface area contributed by atoms with Crippen molar-refractivity contribution in [3.8, 4) is 11.5 Å². The number of fused-ring (bicyclic) bond motifs is 1. The van der Waals surface area contributed by atoms with Crippen molar-refractivity contribution in [2.75, 3.05) is 39.5 Å². The molecular formula is C22H33N3O3. The SMILES string of the molecule is C[C@@H]1[C@H](C)CCC[C@H]1NC(=O)CN1CCN(Cc2ccc3c(c2)OCO3)CC1. The average Bonchev–Trinajstić information content (AvgIpc) is 3.15. The second kappa shape index (κ2) is 8.70. The zero-order chi connectivity index (χ0) is 19.5. The van der Waals surface area contributed by atoms with Crippen molar-refractivity contribution in [2.24, 2.45) is 11.8 Å². The Morgan fingerprint density at radius 3 is 2.64 bits per heavy atom. The van der Waals surface area contributed by atoms with Crippen LogP contribution in [0.1, 0.15) is 38.7 Å². The molecule has 0 radical (unpaired) electrons. The van der Waals surface area contributed by atoms with Crippen LogP contribution in [0, 0.1) is 11.8 Å². The number of benzene rings is 1. The molecule has 1 N–H and O–H groups in total. The highest BCUT2D eigenvalue weighted by Gasteiger charge is 2.29. The smallest absolute Gasteiger partial charge is 0.234 e. The van der Waals surface area contributed by atoms with E-state index in [1.807, 2.05) is 6.07 Å². The number of ether oxygens (including phenoxy) is 2. The molecule has 4 rings (SSSR count). The van der Waals surface area contributed by atoms with Gasteiger partial charge in [-0.1, -0.05) is 32.8 Å². The third kappa shape index (κ3) is 4.61. The van der Waals surface area contributed by atoms with Crippen LogP contribution in [0.5, 0.6) is 11.5 Å². The summed E-state index contributed by atoms with van der Waals surface area (Å²) in [6.07, 6.45) is 3.65. The number of amides is 1. The second-order valence-electron chi connectivity index (χ2n) is 8.68. The van der Waals surface area contributed by atoms with Gasteiger partial charge in [-0.25, -0.2) is 0 Å². The highest BCUT2D eigenvalue weighted by atomic mass is 16.7. The zero-order valence-electron chi connectivity index (χ0n) is 17.2. The fourth-order valence-corrected chi connectivity index (χ4v) is 4.64. The van der Waals surface area contributed by atoms with Gasteiger partial charge in [0.25, 0.3) is 0 Å². The summed E-state index contributed by atoms with van der Waals surface area (Å²) in [6.45, 7) is 10.2. The Hall–Kier alpha value is -1.79. The van der Waals surface area contributed by atoms with E-state index in [0.717, 1.165) is 50.6 Å². The molecule has 0 unspecified atom stereocenters. The van der Waals surface area contributed by atoms with Gasteiger partial charge in [0.2, 0.25) is 12.7 Å². The fourth-order valence-electron chi connectivity index (χ4n) is 4.64. The molecule has 2 aliphatic heterocycles. The molecule has 0 bridgehead atoms. The first-order chi connectivity index (χ1) is 13.6. The number of hydrogen-bond acceptors (Lipinski definition) is 5. The van der Waals surface area contributed by atoms with Gasteiger partial charge in [0, 0.05) is 38.8 Å². The molecule has 1 aliphatic carbocycles. The van der Waals surface area contributed by atoms with Crippen LogP contribution >= 0.6 is 0 Å². The zero-order valence-corrected chi connectivity index (χ0v) is 17.2. The molecule has 154 valence electrons. The monoisotopic (exact) mass is 387 g/mol. The average molecular weight is 388 g/mol. The molecule has 3 aliphatic rings. The lowest BCUT2D eigenvalue weighted by Gasteiger charge is -2.36. The number of carbonyl (C=O) groups excluding carboxylic acids is 1. The topological polar surface area (TPSA) is 54.0 Å². The van der Waals surface area contributed by atoms with E-state index in [1.165, 1.54) is 18.4 Å². The lowest BCUT2D eigenvalue weighted by molar-refractivity contribution is -0.124. The Morgan fingerprint density at radius 2 is 1.82 bits per heavy atom. The minimum atomic E-state index is 0.190. The van der Waals surface area contributed by atoms with E-state index in [2.05, 4.69) is 41.1 Å². The number of nitrogens with one attached hydrogen (secondary N) is 1. The van der Waals surface area contributed by atoms with Crippen molar-refractivity contribution in [2.45, 2.75) is 45.7 Å². The Kier molecular flexibility index (Phi) is 6.07. The van der Waals surface area contributed by atoms with Crippen LogP contribution in [-0.2, 0) is 11.3 Å². The maximum atomic E-state index is 12.5. The maximum absolute atomic E-state index is 12.5. The van der Waals surface area contributed by atoms with E-state index in [9.17, 15) is 4.79 Å². The molecule has 0 aromatic heterocycles. The molecule has 6 nitrogen and oxygen atoms in total. The summed E-state index contributed by atoms with van der Waals surface area (Å²) in [5, 5.41) is 3.30. The second-order valence-corrected chi connectivity index (χ2v) is 8.68. The number of carbonyl (C=O) groups is 1. The van der Waals surface area contributed by atoms with Gasteiger partial charge in [-0.15, -0.1) is 0 Å². The van der Waals surface area contributed by atoms with Crippen molar-refractivity contribution in [1.82, 2.24) is 15.1 Å². The Labute approximate surface area is 168 Å². The van der Waals surface area contributed by atoms with E-state index in [1.54, 1.807) is 0 Å². The predicted octanol–water partition coefficient (Wildman–Crippen LogP) is 2.47. The normalized spacial score (nSPS) is 28.3. The van der Waals surface area contributed by atoms with Crippen LogP contribution in [0.15, 0.2) is 18.2 Å². The molecule has 1 saturated heterocycles. The highest BCUT2D eigenvalue weighted by Crippen LogP contribution is 2.33. The molecule has 1 aromatic rings. The summed E-state index contributed by atoms with van der Waals surface area (Å²) in [6, 6.07) is 6.53. The van der Waals surface area contributed by atoms with Crippen LogP contribution in [-0.4, -0.2) is 61.3 Å². The van der Waals surface area contributed by atoms with Crippen molar-refractivity contribution in [3.63, 3.8) is 0 Å². The molecule has 2 heterocycles. The van der Waals surface area contributed by atoms with E-state index >= 15 is 0 Å². The summed E-state index contributed by atoms with van der Waals surface area (Å²) >= 11 is 0. The van der Waals surface area contributed by atoms with E-state index in [4.69, 9.17) is 9.47 Å². The van der Waals surface area contributed by atoms with Gasteiger partial charge in [0.1, 0.15) is 0 Å². The number of piperazine rings is 1. The van der Waals surface area contributed by atoms with Gasteiger partial charge in [0.05, 0.1) is 6.54 Å². The van der Waals surface area contributed by atoms with Gasteiger partial charge in [-0.2, -0.15) is 0 Å². The minimum Gasteiger partial charge on any atom is -0.454 e. The van der Waals surface area contributed by atoms with Gasteiger partial charge in [-0.05, 0) is 36.0 Å². The van der Waals surface area contributed by atoms with Gasteiger partial charge < -0.3 is 14.8 Å². The van der Waals surface area contributed by atoms with Crippen molar-refractivity contribution in [1.29, 1.82) is 0 Å². The van der Waals surface area contributed by atoms with Crippen LogP contribution in [0.3, 0.4) is 0 Å². The first-order valence-corrected chi connectivity index (χ1v) is 10.7. The summed E-state index contributed by atoms with van der Waals surface area (Å²) in [5.41, 5.74) is 1.25. The standard InChI is InChI=1S/C22H33N3O3/c1-16-4-3-5-19(17(16)2)23-22(26)14-25-10-8-24(9-11-25)13-18-6-7-20-21(12-18)28-15-27-20/h6-7,12,16-17,19H,3-5,8-11,13-15H2,1-2H3,(H,23,26)/t16-,17-,19-/m1/s1. The van der Waals surface area contributed by atoms with Crippen LogP contribution in [0.4, 0.5) is 0 Å². The van der Waals surface area contributed by atoms with Crippen molar-refractivity contribution in [3.05, 3.63) is 23.8 Å². The third-order valence-corrected chi connectivity index (χ3v) is 6.73. The van der Waals surface area contributed by atoms with Crippen LogP contribution in [0.25, 0.3) is 0 Å². The lowest BCUT2D eigenvalue weighted by atomic mass is 9.78. The van der Waals surface area contributed by atoms with Gasteiger partial charge >= 0.3 is 0 Å². The molecule has 6 heteroatoms. The molecule has 1 aromatic carbocycles. The van der Waals surface area contributed by atoms with Crippen molar-refractivity contribution >= 4 is 5.91 Å². The number of hydrogen-bond donors (Lipinski definition) is 1. The first-order valence-electron chi connectivity index (χ1n) is 10.7. The predicted molar refractivity (Wildman–Crippen MR) is 108 cm³/mol. The molecule has 3 atom stereocenters.